The maximum absolute atomic E-state index is 13.4. The molecule has 2 aromatic carbocycles. The topological polar surface area (TPSA) is 50.4 Å². The van der Waals surface area contributed by atoms with Gasteiger partial charge >= 0.3 is 0 Å². The molecule has 0 aliphatic carbocycles. The summed E-state index contributed by atoms with van der Waals surface area (Å²) in [6, 6.07) is 13.9. The number of carbonyl (C=O) groups is 1. The molecule has 0 radical (unpaired) electrons. The first-order valence-corrected chi connectivity index (χ1v) is 7.07. The average Bonchev–Trinajstić information content (AvgIpc) is 2.55. The Hall–Kier alpha value is -2.56. The third-order valence-corrected chi connectivity index (χ3v) is 3.19. The molecule has 0 aliphatic heterocycles. The number of nitrogens with one attached hydrogen (secondary N) is 2. The molecule has 1 amide bonds. The fourth-order valence-corrected chi connectivity index (χ4v) is 1.95. The van der Waals surface area contributed by atoms with Gasteiger partial charge in [0.2, 0.25) is 5.91 Å². The fraction of sp³-hybridized carbons (Fsp3) is 0.235. The number of methoxy groups -OCH3 is 1. The molecule has 0 heterocycles. The first-order chi connectivity index (χ1) is 10.7. The lowest BCUT2D eigenvalue weighted by molar-refractivity contribution is -0.121. The van der Waals surface area contributed by atoms with Crippen LogP contribution in [-0.2, 0) is 11.3 Å². The number of benzene rings is 2. The van der Waals surface area contributed by atoms with Crippen molar-refractivity contribution >= 4 is 11.6 Å². The number of halogens is 1. The van der Waals surface area contributed by atoms with Gasteiger partial charge in [-0.05, 0) is 29.8 Å². The Morgan fingerprint density at radius 2 is 1.86 bits per heavy atom. The quantitative estimate of drug-likeness (QED) is 0.827. The Balaban J connectivity index is 1.70. The van der Waals surface area contributed by atoms with E-state index in [0.29, 0.717) is 18.8 Å². The monoisotopic (exact) mass is 302 g/mol. The van der Waals surface area contributed by atoms with Crippen molar-refractivity contribution in [1.82, 2.24) is 5.32 Å². The van der Waals surface area contributed by atoms with Gasteiger partial charge in [0.05, 0.1) is 12.8 Å². The predicted molar refractivity (Wildman–Crippen MR) is 84.3 cm³/mol. The van der Waals surface area contributed by atoms with Gasteiger partial charge in [0.25, 0.3) is 0 Å². The van der Waals surface area contributed by atoms with Crippen LogP contribution in [0.1, 0.15) is 12.0 Å². The van der Waals surface area contributed by atoms with Crippen LogP contribution < -0.4 is 15.4 Å². The van der Waals surface area contributed by atoms with Crippen molar-refractivity contribution in [3.63, 3.8) is 0 Å². The second-order valence-corrected chi connectivity index (χ2v) is 4.78. The molecule has 2 aromatic rings. The molecule has 0 saturated carbocycles. The van der Waals surface area contributed by atoms with E-state index in [-0.39, 0.29) is 18.1 Å². The second-order valence-electron chi connectivity index (χ2n) is 4.78. The van der Waals surface area contributed by atoms with Gasteiger partial charge in [0, 0.05) is 19.5 Å². The van der Waals surface area contributed by atoms with Crippen molar-refractivity contribution in [3.8, 4) is 5.75 Å². The molecule has 116 valence electrons. The summed E-state index contributed by atoms with van der Waals surface area (Å²) in [5, 5.41) is 5.73. The van der Waals surface area contributed by atoms with Crippen LogP contribution in [0.2, 0.25) is 0 Å². The van der Waals surface area contributed by atoms with Gasteiger partial charge < -0.3 is 15.4 Å². The standard InChI is InChI=1S/C17H19FN2O2/c1-22-14-8-6-13(7-9-14)12-20-17(21)10-11-19-16-5-3-2-4-15(16)18/h2-9,19H,10-12H2,1H3,(H,20,21). The summed E-state index contributed by atoms with van der Waals surface area (Å²) in [7, 11) is 1.61. The molecule has 4 nitrogen and oxygen atoms in total. The molecule has 2 rings (SSSR count). The van der Waals surface area contributed by atoms with Crippen molar-refractivity contribution in [3.05, 3.63) is 59.9 Å². The first kappa shape index (κ1) is 15.8. The number of carbonyl (C=O) groups excluding carboxylic acids is 1. The van der Waals surface area contributed by atoms with Crippen LogP contribution in [-0.4, -0.2) is 19.6 Å². The Labute approximate surface area is 129 Å². The molecular formula is C17H19FN2O2. The highest BCUT2D eigenvalue weighted by Gasteiger charge is 2.03. The van der Waals surface area contributed by atoms with E-state index in [1.54, 1.807) is 25.3 Å². The molecule has 0 aliphatic rings. The number of hydrogen-bond donors (Lipinski definition) is 2. The van der Waals surface area contributed by atoms with Crippen molar-refractivity contribution in [1.29, 1.82) is 0 Å². The summed E-state index contributed by atoms with van der Waals surface area (Å²) >= 11 is 0. The lowest BCUT2D eigenvalue weighted by Gasteiger charge is -2.08. The summed E-state index contributed by atoms with van der Waals surface area (Å²) in [6.07, 6.45) is 0.282. The molecule has 0 aromatic heterocycles. The number of amides is 1. The Morgan fingerprint density at radius 3 is 2.55 bits per heavy atom. The van der Waals surface area contributed by atoms with Gasteiger partial charge in [-0.3, -0.25) is 4.79 Å². The smallest absolute Gasteiger partial charge is 0.222 e. The molecule has 5 heteroatoms. The summed E-state index contributed by atoms with van der Waals surface area (Å²) < 4.78 is 18.4. The minimum absolute atomic E-state index is 0.0837. The van der Waals surface area contributed by atoms with Crippen LogP contribution in [0.5, 0.6) is 5.75 Å². The van der Waals surface area contributed by atoms with E-state index in [9.17, 15) is 9.18 Å². The summed E-state index contributed by atoms with van der Waals surface area (Å²) in [5.41, 5.74) is 1.40. The largest absolute Gasteiger partial charge is 0.497 e. The molecule has 0 spiro atoms. The maximum atomic E-state index is 13.4. The number of ether oxygens (including phenoxy) is 1. The zero-order chi connectivity index (χ0) is 15.8. The molecule has 0 bridgehead atoms. The van der Waals surface area contributed by atoms with E-state index in [1.807, 2.05) is 24.3 Å². The van der Waals surface area contributed by atoms with Crippen LogP contribution >= 0.6 is 0 Å². The summed E-state index contributed by atoms with van der Waals surface area (Å²) in [6.45, 7) is 0.845. The molecule has 2 N–H and O–H groups in total. The van der Waals surface area contributed by atoms with Gasteiger partial charge in [-0.25, -0.2) is 4.39 Å². The number of rotatable bonds is 7. The molecular weight excluding hydrogens is 283 g/mol. The Morgan fingerprint density at radius 1 is 1.14 bits per heavy atom. The van der Waals surface area contributed by atoms with Crippen molar-refractivity contribution in [2.45, 2.75) is 13.0 Å². The van der Waals surface area contributed by atoms with Crippen molar-refractivity contribution < 1.29 is 13.9 Å². The molecule has 0 saturated heterocycles. The highest BCUT2D eigenvalue weighted by Crippen LogP contribution is 2.12. The van der Waals surface area contributed by atoms with Crippen LogP contribution in [0.25, 0.3) is 0 Å². The molecule has 0 fully saturated rings. The van der Waals surface area contributed by atoms with E-state index in [4.69, 9.17) is 4.74 Å². The van der Waals surface area contributed by atoms with Gasteiger partial charge in [-0.15, -0.1) is 0 Å². The average molecular weight is 302 g/mol. The van der Waals surface area contributed by atoms with E-state index < -0.39 is 0 Å². The lowest BCUT2D eigenvalue weighted by atomic mass is 10.2. The van der Waals surface area contributed by atoms with Gasteiger partial charge in [0.15, 0.2) is 0 Å². The second kappa shape index (κ2) is 8.02. The van der Waals surface area contributed by atoms with E-state index >= 15 is 0 Å². The van der Waals surface area contributed by atoms with Crippen molar-refractivity contribution in [2.75, 3.05) is 19.0 Å². The van der Waals surface area contributed by atoms with Gasteiger partial charge in [-0.2, -0.15) is 0 Å². The number of para-hydroxylation sites is 1. The highest BCUT2D eigenvalue weighted by molar-refractivity contribution is 5.76. The van der Waals surface area contributed by atoms with E-state index in [1.165, 1.54) is 6.07 Å². The van der Waals surface area contributed by atoms with Gasteiger partial charge in [-0.1, -0.05) is 24.3 Å². The fourth-order valence-electron chi connectivity index (χ4n) is 1.95. The van der Waals surface area contributed by atoms with E-state index in [2.05, 4.69) is 10.6 Å². The van der Waals surface area contributed by atoms with Crippen LogP contribution in [0.3, 0.4) is 0 Å². The third-order valence-electron chi connectivity index (χ3n) is 3.19. The van der Waals surface area contributed by atoms with E-state index in [0.717, 1.165) is 11.3 Å². The number of hydrogen-bond acceptors (Lipinski definition) is 3. The molecule has 22 heavy (non-hydrogen) atoms. The normalized spacial score (nSPS) is 10.1. The molecule has 0 unspecified atom stereocenters. The Bertz CT molecular complexity index is 614. The predicted octanol–water partition coefficient (Wildman–Crippen LogP) is 2.95. The first-order valence-electron chi connectivity index (χ1n) is 7.07. The third kappa shape index (κ3) is 4.77. The summed E-state index contributed by atoms with van der Waals surface area (Å²) in [4.78, 5) is 11.7. The minimum Gasteiger partial charge on any atom is -0.497 e. The SMILES string of the molecule is COc1ccc(CNC(=O)CCNc2ccccc2F)cc1. The minimum atomic E-state index is -0.318. The molecule has 0 atom stereocenters. The van der Waals surface area contributed by atoms with Crippen LogP contribution in [0.4, 0.5) is 10.1 Å². The number of anilines is 1. The van der Waals surface area contributed by atoms with Crippen LogP contribution in [0.15, 0.2) is 48.5 Å². The summed E-state index contributed by atoms with van der Waals surface area (Å²) in [5.74, 6) is 0.380. The maximum Gasteiger partial charge on any atom is 0.222 e. The highest BCUT2D eigenvalue weighted by atomic mass is 19.1. The zero-order valence-corrected chi connectivity index (χ0v) is 12.4. The van der Waals surface area contributed by atoms with Crippen LogP contribution in [0, 0.1) is 5.82 Å². The lowest BCUT2D eigenvalue weighted by Crippen LogP contribution is -2.24. The zero-order valence-electron chi connectivity index (χ0n) is 12.4. The van der Waals surface area contributed by atoms with Crippen molar-refractivity contribution in [2.24, 2.45) is 0 Å². The Kier molecular flexibility index (Phi) is 5.77. The van der Waals surface area contributed by atoms with Gasteiger partial charge in [0.1, 0.15) is 11.6 Å².